The SMILES string of the molecule is C=C(CNC(C)(C)C)CN1CC(C)CCC1C. The molecule has 1 saturated heterocycles. The van der Waals surface area contributed by atoms with E-state index in [2.05, 4.69) is 51.4 Å². The Kier molecular flexibility index (Phi) is 5.21. The average Bonchev–Trinajstić information content (AvgIpc) is 2.20. The Morgan fingerprint density at radius 3 is 2.53 bits per heavy atom. The topological polar surface area (TPSA) is 15.3 Å². The number of rotatable bonds is 4. The van der Waals surface area contributed by atoms with Crippen LogP contribution in [0.4, 0.5) is 0 Å². The van der Waals surface area contributed by atoms with Crippen LogP contribution in [-0.2, 0) is 0 Å². The maximum atomic E-state index is 4.21. The summed E-state index contributed by atoms with van der Waals surface area (Å²) in [4.78, 5) is 2.58. The predicted octanol–water partition coefficient (Wildman–Crippen LogP) is 3.05. The van der Waals surface area contributed by atoms with Crippen LogP contribution in [0, 0.1) is 5.92 Å². The van der Waals surface area contributed by atoms with Gasteiger partial charge >= 0.3 is 0 Å². The molecule has 0 aromatic rings. The predicted molar refractivity (Wildman–Crippen MR) is 76.3 cm³/mol. The second-order valence-electron chi connectivity index (χ2n) is 6.81. The van der Waals surface area contributed by atoms with Crippen molar-refractivity contribution in [3.63, 3.8) is 0 Å². The Morgan fingerprint density at radius 2 is 1.94 bits per heavy atom. The standard InChI is InChI=1S/C15H30N2/c1-12-7-8-14(3)17(10-12)11-13(2)9-16-15(4,5)6/h12,14,16H,2,7-11H2,1,3-6H3. The van der Waals surface area contributed by atoms with E-state index < -0.39 is 0 Å². The number of nitrogens with one attached hydrogen (secondary N) is 1. The average molecular weight is 238 g/mol. The van der Waals surface area contributed by atoms with E-state index in [1.54, 1.807) is 0 Å². The Bertz CT molecular complexity index is 252. The summed E-state index contributed by atoms with van der Waals surface area (Å²) in [6.07, 6.45) is 2.71. The number of likely N-dealkylation sites (tertiary alicyclic amines) is 1. The molecule has 0 bridgehead atoms. The van der Waals surface area contributed by atoms with Gasteiger partial charge in [-0.3, -0.25) is 4.90 Å². The Labute approximate surface area is 107 Å². The molecule has 2 heteroatoms. The van der Waals surface area contributed by atoms with Crippen molar-refractivity contribution >= 4 is 0 Å². The molecular formula is C15H30N2. The fourth-order valence-electron chi connectivity index (χ4n) is 2.33. The fourth-order valence-corrected chi connectivity index (χ4v) is 2.33. The lowest BCUT2D eigenvalue weighted by Crippen LogP contribution is -2.44. The van der Waals surface area contributed by atoms with Crippen molar-refractivity contribution in [2.75, 3.05) is 19.6 Å². The van der Waals surface area contributed by atoms with Crippen LogP contribution in [-0.4, -0.2) is 36.1 Å². The van der Waals surface area contributed by atoms with Gasteiger partial charge in [-0.25, -0.2) is 0 Å². The van der Waals surface area contributed by atoms with Crippen molar-refractivity contribution in [2.45, 2.75) is 59.0 Å². The molecule has 1 aliphatic heterocycles. The third-order valence-corrected chi connectivity index (χ3v) is 3.54. The summed E-state index contributed by atoms with van der Waals surface area (Å²) in [5.41, 5.74) is 1.49. The molecule has 0 aromatic carbocycles. The van der Waals surface area contributed by atoms with Gasteiger partial charge in [0, 0.05) is 31.2 Å². The van der Waals surface area contributed by atoms with Gasteiger partial charge in [-0.05, 0) is 52.0 Å². The normalized spacial score (nSPS) is 27.1. The van der Waals surface area contributed by atoms with Crippen LogP contribution in [0.15, 0.2) is 12.2 Å². The van der Waals surface area contributed by atoms with Crippen LogP contribution in [0.3, 0.4) is 0 Å². The number of hydrogen-bond donors (Lipinski definition) is 1. The molecule has 17 heavy (non-hydrogen) atoms. The minimum Gasteiger partial charge on any atom is -0.308 e. The van der Waals surface area contributed by atoms with Crippen molar-refractivity contribution in [1.82, 2.24) is 10.2 Å². The largest absolute Gasteiger partial charge is 0.308 e. The van der Waals surface area contributed by atoms with E-state index in [0.717, 1.165) is 25.0 Å². The van der Waals surface area contributed by atoms with E-state index in [-0.39, 0.29) is 5.54 Å². The first-order valence-electron chi connectivity index (χ1n) is 6.93. The highest BCUT2D eigenvalue weighted by molar-refractivity contribution is 5.02. The molecule has 1 heterocycles. The second-order valence-corrected chi connectivity index (χ2v) is 6.81. The molecule has 0 aromatic heterocycles. The van der Waals surface area contributed by atoms with Crippen LogP contribution in [0.5, 0.6) is 0 Å². The van der Waals surface area contributed by atoms with Crippen LogP contribution < -0.4 is 5.32 Å². The Hall–Kier alpha value is -0.340. The summed E-state index contributed by atoms with van der Waals surface area (Å²) in [5.74, 6) is 0.842. The first-order valence-corrected chi connectivity index (χ1v) is 6.93. The molecule has 0 radical (unpaired) electrons. The maximum absolute atomic E-state index is 4.21. The van der Waals surface area contributed by atoms with Crippen molar-refractivity contribution < 1.29 is 0 Å². The van der Waals surface area contributed by atoms with Crippen molar-refractivity contribution in [1.29, 1.82) is 0 Å². The van der Waals surface area contributed by atoms with Gasteiger partial charge in [0.25, 0.3) is 0 Å². The van der Waals surface area contributed by atoms with Gasteiger partial charge in [0.05, 0.1) is 0 Å². The van der Waals surface area contributed by atoms with E-state index in [1.165, 1.54) is 25.0 Å². The number of hydrogen-bond acceptors (Lipinski definition) is 2. The van der Waals surface area contributed by atoms with Gasteiger partial charge in [0.15, 0.2) is 0 Å². The first-order chi connectivity index (χ1) is 7.78. The molecule has 1 rings (SSSR count). The van der Waals surface area contributed by atoms with Gasteiger partial charge in [-0.15, -0.1) is 0 Å². The minimum absolute atomic E-state index is 0.184. The first kappa shape index (κ1) is 14.7. The Balaban J connectivity index is 2.34. The van der Waals surface area contributed by atoms with Crippen LogP contribution >= 0.6 is 0 Å². The number of nitrogens with zero attached hydrogens (tertiary/aromatic N) is 1. The zero-order chi connectivity index (χ0) is 13.1. The molecule has 0 aliphatic carbocycles. The lowest BCUT2D eigenvalue weighted by molar-refractivity contribution is 0.135. The third kappa shape index (κ3) is 5.69. The van der Waals surface area contributed by atoms with Crippen molar-refractivity contribution in [2.24, 2.45) is 5.92 Å². The molecule has 100 valence electrons. The zero-order valence-electron chi connectivity index (χ0n) is 12.3. The fraction of sp³-hybridized carbons (Fsp3) is 0.867. The monoisotopic (exact) mass is 238 g/mol. The van der Waals surface area contributed by atoms with E-state index in [9.17, 15) is 0 Å². The van der Waals surface area contributed by atoms with Gasteiger partial charge < -0.3 is 5.32 Å². The highest BCUT2D eigenvalue weighted by Gasteiger charge is 2.23. The Morgan fingerprint density at radius 1 is 1.29 bits per heavy atom. The molecule has 1 N–H and O–H groups in total. The molecule has 2 atom stereocenters. The van der Waals surface area contributed by atoms with E-state index in [4.69, 9.17) is 0 Å². The van der Waals surface area contributed by atoms with Gasteiger partial charge in [-0.1, -0.05) is 13.5 Å². The molecule has 1 fully saturated rings. The summed E-state index contributed by atoms with van der Waals surface area (Å²) in [5, 5.41) is 3.51. The lowest BCUT2D eigenvalue weighted by atomic mass is 9.94. The van der Waals surface area contributed by atoms with Crippen LogP contribution in [0.25, 0.3) is 0 Å². The van der Waals surface area contributed by atoms with Crippen molar-refractivity contribution in [3.05, 3.63) is 12.2 Å². The molecule has 0 saturated carbocycles. The summed E-state index contributed by atoms with van der Waals surface area (Å²) in [7, 11) is 0. The molecule has 2 unspecified atom stereocenters. The molecule has 0 amide bonds. The smallest absolute Gasteiger partial charge is 0.0205 e. The second kappa shape index (κ2) is 6.01. The molecule has 0 spiro atoms. The summed E-state index contributed by atoms with van der Waals surface area (Å²) < 4.78 is 0. The van der Waals surface area contributed by atoms with E-state index in [0.29, 0.717) is 0 Å². The number of piperidine rings is 1. The quantitative estimate of drug-likeness (QED) is 0.757. The van der Waals surface area contributed by atoms with Gasteiger partial charge in [0.2, 0.25) is 0 Å². The molecule has 2 nitrogen and oxygen atoms in total. The summed E-state index contributed by atoms with van der Waals surface area (Å²) in [6.45, 7) is 18.7. The summed E-state index contributed by atoms with van der Waals surface area (Å²) in [6, 6.07) is 0.720. The van der Waals surface area contributed by atoms with Crippen LogP contribution in [0.1, 0.15) is 47.5 Å². The molecular weight excluding hydrogens is 208 g/mol. The highest BCUT2D eigenvalue weighted by Crippen LogP contribution is 2.21. The van der Waals surface area contributed by atoms with Crippen molar-refractivity contribution in [3.8, 4) is 0 Å². The lowest BCUT2D eigenvalue weighted by Gasteiger charge is -2.37. The van der Waals surface area contributed by atoms with Gasteiger partial charge in [0.1, 0.15) is 0 Å². The highest BCUT2D eigenvalue weighted by atomic mass is 15.2. The zero-order valence-corrected chi connectivity index (χ0v) is 12.3. The maximum Gasteiger partial charge on any atom is 0.0205 e. The van der Waals surface area contributed by atoms with Gasteiger partial charge in [-0.2, -0.15) is 0 Å². The molecule has 1 aliphatic rings. The van der Waals surface area contributed by atoms with E-state index >= 15 is 0 Å². The van der Waals surface area contributed by atoms with Crippen LogP contribution in [0.2, 0.25) is 0 Å². The van der Waals surface area contributed by atoms with E-state index in [1.807, 2.05) is 0 Å². The third-order valence-electron chi connectivity index (χ3n) is 3.54. The summed E-state index contributed by atoms with van der Waals surface area (Å²) >= 11 is 0. The minimum atomic E-state index is 0.184.